The van der Waals surface area contributed by atoms with Crippen LogP contribution < -0.4 is 14.8 Å². The highest BCUT2D eigenvalue weighted by molar-refractivity contribution is 5.73. The summed E-state index contributed by atoms with van der Waals surface area (Å²) in [6, 6.07) is 7.57. The van der Waals surface area contributed by atoms with Crippen LogP contribution in [0.1, 0.15) is 18.7 Å². The first-order valence-electron chi connectivity index (χ1n) is 8.97. The fourth-order valence-electron chi connectivity index (χ4n) is 2.89. The number of nitrogens with zero attached hydrogens (tertiary/aromatic N) is 3. The summed E-state index contributed by atoms with van der Waals surface area (Å²) in [4.78, 5) is 18.2. The van der Waals surface area contributed by atoms with Crippen LogP contribution in [-0.2, 0) is 13.5 Å². The average Bonchev–Trinajstić information content (AvgIpc) is 3.06. The summed E-state index contributed by atoms with van der Waals surface area (Å²) in [6.07, 6.45) is 6.13. The van der Waals surface area contributed by atoms with Gasteiger partial charge in [0.25, 0.3) is 0 Å². The Morgan fingerprint density at radius 3 is 2.96 bits per heavy atom. The number of para-hydroxylation sites is 2. The molecule has 1 aliphatic rings. The minimum Gasteiger partial charge on any atom is -0.486 e. The Hall–Kier alpha value is -2.70. The smallest absolute Gasteiger partial charge is 0.317 e. The standard InChI is InChI=1S/C19H26N4O3/c1-22-13-11-20-18(22)8-5-12-23(2)19(24)21-10-9-15-14-25-16-6-3-4-7-17(16)26-15/h3-4,6-7,11,13,15H,5,8-10,12,14H2,1-2H3,(H,21,24)/t15-/m1/s1. The van der Waals surface area contributed by atoms with Crippen LogP contribution in [0.5, 0.6) is 11.5 Å². The van der Waals surface area contributed by atoms with Crippen molar-refractivity contribution in [1.29, 1.82) is 0 Å². The van der Waals surface area contributed by atoms with E-state index in [0.717, 1.165) is 30.2 Å². The molecule has 7 heteroatoms. The van der Waals surface area contributed by atoms with Crippen LogP contribution in [0, 0.1) is 0 Å². The van der Waals surface area contributed by atoms with Crippen molar-refractivity contribution in [3.63, 3.8) is 0 Å². The molecular weight excluding hydrogens is 332 g/mol. The van der Waals surface area contributed by atoms with Gasteiger partial charge in [-0.3, -0.25) is 0 Å². The van der Waals surface area contributed by atoms with E-state index in [-0.39, 0.29) is 12.1 Å². The molecule has 1 aromatic carbocycles. The SMILES string of the molecule is CN(CCCc1nccn1C)C(=O)NCC[C@@H]1COc2ccccc2O1. The summed E-state index contributed by atoms with van der Waals surface area (Å²) in [5.74, 6) is 2.58. The van der Waals surface area contributed by atoms with E-state index < -0.39 is 0 Å². The Labute approximate surface area is 153 Å². The van der Waals surface area contributed by atoms with Crippen LogP contribution >= 0.6 is 0 Å². The highest BCUT2D eigenvalue weighted by Gasteiger charge is 2.20. The molecule has 1 aromatic heterocycles. The number of fused-ring (bicyclic) bond motifs is 1. The van der Waals surface area contributed by atoms with Gasteiger partial charge in [-0.2, -0.15) is 0 Å². The van der Waals surface area contributed by atoms with Crippen molar-refractivity contribution in [3.05, 3.63) is 42.5 Å². The molecule has 140 valence electrons. The van der Waals surface area contributed by atoms with E-state index in [2.05, 4.69) is 10.3 Å². The molecule has 0 saturated carbocycles. The van der Waals surface area contributed by atoms with Gasteiger partial charge in [-0.05, 0) is 18.6 Å². The van der Waals surface area contributed by atoms with E-state index in [0.29, 0.717) is 26.1 Å². The molecule has 1 aliphatic heterocycles. The molecule has 0 spiro atoms. The lowest BCUT2D eigenvalue weighted by molar-refractivity contribution is 0.0850. The number of carbonyl (C=O) groups excluding carboxylic acids is 1. The Morgan fingerprint density at radius 1 is 1.38 bits per heavy atom. The monoisotopic (exact) mass is 358 g/mol. The first-order chi connectivity index (χ1) is 12.6. The van der Waals surface area contributed by atoms with Gasteiger partial charge in [0.05, 0.1) is 0 Å². The normalized spacial score (nSPS) is 15.5. The molecule has 2 heterocycles. The number of hydrogen-bond donors (Lipinski definition) is 1. The summed E-state index contributed by atoms with van der Waals surface area (Å²) in [7, 11) is 3.79. The molecule has 0 fully saturated rings. The number of carbonyl (C=O) groups is 1. The van der Waals surface area contributed by atoms with Crippen molar-refractivity contribution in [3.8, 4) is 11.5 Å². The van der Waals surface area contributed by atoms with Gasteiger partial charge in [0.2, 0.25) is 0 Å². The zero-order valence-electron chi connectivity index (χ0n) is 15.4. The molecule has 0 unspecified atom stereocenters. The lowest BCUT2D eigenvalue weighted by Gasteiger charge is -2.26. The zero-order valence-corrected chi connectivity index (χ0v) is 15.4. The van der Waals surface area contributed by atoms with Crippen molar-refractivity contribution < 1.29 is 14.3 Å². The minimum absolute atomic E-state index is 0.0427. The van der Waals surface area contributed by atoms with Crippen LogP contribution in [0.15, 0.2) is 36.7 Å². The molecule has 7 nitrogen and oxygen atoms in total. The summed E-state index contributed by atoms with van der Waals surface area (Å²) < 4.78 is 13.6. The minimum atomic E-state index is -0.0676. The van der Waals surface area contributed by atoms with Crippen molar-refractivity contribution in [1.82, 2.24) is 19.8 Å². The number of aromatic nitrogens is 2. The maximum absolute atomic E-state index is 12.2. The number of imidazole rings is 1. The molecular formula is C19H26N4O3. The third-order valence-electron chi connectivity index (χ3n) is 4.47. The van der Waals surface area contributed by atoms with Crippen LogP contribution in [0.2, 0.25) is 0 Å². The number of nitrogens with one attached hydrogen (secondary N) is 1. The largest absolute Gasteiger partial charge is 0.486 e. The fraction of sp³-hybridized carbons (Fsp3) is 0.474. The van der Waals surface area contributed by atoms with E-state index in [1.165, 1.54) is 0 Å². The van der Waals surface area contributed by atoms with E-state index in [4.69, 9.17) is 9.47 Å². The van der Waals surface area contributed by atoms with Crippen molar-refractivity contribution in [2.75, 3.05) is 26.7 Å². The van der Waals surface area contributed by atoms with E-state index in [1.54, 1.807) is 11.1 Å². The maximum Gasteiger partial charge on any atom is 0.317 e. The Kier molecular flexibility index (Phi) is 5.99. The van der Waals surface area contributed by atoms with Crippen LogP contribution in [0.4, 0.5) is 4.79 Å². The molecule has 2 amide bonds. The van der Waals surface area contributed by atoms with Gasteiger partial charge in [-0.25, -0.2) is 9.78 Å². The second kappa shape index (κ2) is 8.60. The highest BCUT2D eigenvalue weighted by Crippen LogP contribution is 2.31. The summed E-state index contributed by atoms with van der Waals surface area (Å²) in [5.41, 5.74) is 0. The molecule has 1 N–H and O–H groups in total. The van der Waals surface area contributed by atoms with Gasteiger partial charge in [0, 0.05) is 52.4 Å². The molecule has 1 atom stereocenters. The Morgan fingerprint density at radius 2 is 2.19 bits per heavy atom. The van der Waals surface area contributed by atoms with Crippen LogP contribution in [-0.4, -0.2) is 53.3 Å². The van der Waals surface area contributed by atoms with Crippen molar-refractivity contribution in [2.45, 2.75) is 25.4 Å². The number of hydrogen-bond acceptors (Lipinski definition) is 4. The first-order valence-corrected chi connectivity index (χ1v) is 8.97. The predicted octanol–water partition coefficient (Wildman–Crippen LogP) is 2.22. The van der Waals surface area contributed by atoms with E-state index in [9.17, 15) is 4.79 Å². The first kappa shape index (κ1) is 18.1. The van der Waals surface area contributed by atoms with Gasteiger partial charge >= 0.3 is 6.03 Å². The second-order valence-corrected chi connectivity index (χ2v) is 6.50. The lowest BCUT2D eigenvalue weighted by atomic mass is 10.2. The van der Waals surface area contributed by atoms with E-state index in [1.807, 2.05) is 49.1 Å². The number of aryl methyl sites for hydroxylation is 2. The number of benzene rings is 1. The molecule has 0 radical (unpaired) electrons. The highest BCUT2D eigenvalue weighted by atomic mass is 16.6. The molecule has 3 rings (SSSR count). The van der Waals surface area contributed by atoms with Crippen molar-refractivity contribution >= 4 is 6.03 Å². The average molecular weight is 358 g/mol. The van der Waals surface area contributed by atoms with Crippen LogP contribution in [0.3, 0.4) is 0 Å². The maximum atomic E-state index is 12.2. The summed E-state index contributed by atoms with van der Waals surface area (Å²) in [6.45, 7) is 1.75. The van der Waals surface area contributed by atoms with Crippen LogP contribution in [0.25, 0.3) is 0 Å². The van der Waals surface area contributed by atoms with Gasteiger partial charge in [0.1, 0.15) is 18.5 Å². The fourth-order valence-corrected chi connectivity index (χ4v) is 2.89. The van der Waals surface area contributed by atoms with Gasteiger partial charge in [-0.15, -0.1) is 0 Å². The predicted molar refractivity (Wildman–Crippen MR) is 98.5 cm³/mol. The Balaban J connectivity index is 1.33. The number of amides is 2. The van der Waals surface area contributed by atoms with Gasteiger partial charge in [0.15, 0.2) is 11.5 Å². The van der Waals surface area contributed by atoms with Gasteiger partial charge < -0.3 is 24.3 Å². The number of urea groups is 1. The quantitative estimate of drug-likeness (QED) is 0.824. The zero-order chi connectivity index (χ0) is 18.4. The number of rotatable bonds is 7. The molecule has 2 aromatic rings. The Bertz CT molecular complexity index is 731. The number of ether oxygens (including phenoxy) is 2. The molecule has 0 bridgehead atoms. The molecule has 26 heavy (non-hydrogen) atoms. The third-order valence-corrected chi connectivity index (χ3v) is 4.47. The summed E-state index contributed by atoms with van der Waals surface area (Å²) in [5, 5.41) is 2.94. The van der Waals surface area contributed by atoms with E-state index >= 15 is 0 Å². The second-order valence-electron chi connectivity index (χ2n) is 6.50. The molecule has 0 aliphatic carbocycles. The lowest BCUT2D eigenvalue weighted by Crippen LogP contribution is -2.40. The third kappa shape index (κ3) is 4.68. The molecule has 0 saturated heterocycles. The summed E-state index contributed by atoms with van der Waals surface area (Å²) >= 11 is 0. The van der Waals surface area contributed by atoms with Crippen molar-refractivity contribution in [2.24, 2.45) is 7.05 Å². The topological polar surface area (TPSA) is 68.6 Å². The van der Waals surface area contributed by atoms with Gasteiger partial charge in [-0.1, -0.05) is 12.1 Å².